The number of hydrogen-bond donors (Lipinski definition) is 1. The molecule has 0 aliphatic heterocycles. The SMILES string of the molecule is Brc1cnc(Oc2ccc(CNc3nnc(-c4cc5ccccc5o4)o3)cc2)nc1. The van der Waals surface area contributed by atoms with E-state index in [1.165, 1.54) is 0 Å². The van der Waals surface area contributed by atoms with E-state index in [1.807, 2.05) is 54.6 Å². The first kappa shape index (κ1) is 18.3. The smallest absolute Gasteiger partial charge is 0.321 e. The van der Waals surface area contributed by atoms with Gasteiger partial charge < -0.3 is 18.9 Å². The van der Waals surface area contributed by atoms with Gasteiger partial charge in [-0.25, -0.2) is 9.97 Å². The highest BCUT2D eigenvalue weighted by molar-refractivity contribution is 9.10. The molecule has 0 bridgehead atoms. The summed E-state index contributed by atoms with van der Waals surface area (Å²) in [6.45, 7) is 0.511. The molecule has 0 spiro atoms. The summed E-state index contributed by atoms with van der Waals surface area (Å²) in [4.78, 5) is 8.17. The van der Waals surface area contributed by atoms with Crippen molar-refractivity contribution < 1.29 is 13.6 Å². The van der Waals surface area contributed by atoms with Crippen molar-refractivity contribution in [3.05, 3.63) is 77.0 Å². The highest BCUT2D eigenvalue weighted by Gasteiger charge is 2.13. The lowest BCUT2D eigenvalue weighted by atomic mass is 10.2. The van der Waals surface area contributed by atoms with Crippen LogP contribution in [0, 0.1) is 0 Å². The Balaban J connectivity index is 1.21. The molecule has 2 aromatic carbocycles. The number of anilines is 1. The van der Waals surface area contributed by atoms with Crippen molar-refractivity contribution in [3.8, 4) is 23.4 Å². The van der Waals surface area contributed by atoms with E-state index in [9.17, 15) is 0 Å². The van der Waals surface area contributed by atoms with E-state index in [-0.39, 0.29) is 6.01 Å². The third kappa shape index (κ3) is 4.01. The number of ether oxygens (including phenoxy) is 1. The Kier molecular flexibility index (Phi) is 4.86. The number of rotatable bonds is 6. The number of fused-ring (bicyclic) bond motifs is 1. The number of furan rings is 1. The van der Waals surface area contributed by atoms with Crippen molar-refractivity contribution in [2.24, 2.45) is 0 Å². The lowest BCUT2D eigenvalue weighted by molar-refractivity contribution is 0.441. The molecule has 0 saturated heterocycles. The summed E-state index contributed by atoms with van der Waals surface area (Å²) in [6, 6.07) is 17.7. The molecular formula is C21H14BrN5O3. The van der Waals surface area contributed by atoms with Crippen LogP contribution in [0.5, 0.6) is 11.8 Å². The minimum Gasteiger partial charge on any atom is -0.451 e. The highest BCUT2D eigenvalue weighted by atomic mass is 79.9. The second-order valence-corrected chi connectivity index (χ2v) is 7.26. The average molecular weight is 464 g/mol. The molecule has 0 aliphatic carbocycles. The van der Waals surface area contributed by atoms with Gasteiger partial charge in [0.2, 0.25) is 0 Å². The molecule has 1 N–H and O–H groups in total. The predicted octanol–water partition coefficient (Wildman–Crippen LogP) is 5.44. The van der Waals surface area contributed by atoms with Gasteiger partial charge in [-0.1, -0.05) is 35.4 Å². The van der Waals surface area contributed by atoms with Crippen LogP contribution in [0.15, 0.2) is 80.3 Å². The first-order chi connectivity index (χ1) is 14.7. The maximum Gasteiger partial charge on any atom is 0.321 e. The van der Waals surface area contributed by atoms with Gasteiger partial charge in [0.15, 0.2) is 5.76 Å². The Morgan fingerprint density at radius 3 is 2.53 bits per heavy atom. The van der Waals surface area contributed by atoms with Gasteiger partial charge >= 0.3 is 12.0 Å². The molecule has 0 unspecified atom stereocenters. The number of nitrogens with zero attached hydrogens (tertiary/aromatic N) is 4. The summed E-state index contributed by atoms with van der Waals surface area (Å²) in [7, 11) is 0. The molecule has 0 aliphatic rings. The molecular weight excluding hydrogens is 450 g/mol. The van der Waals surface area contributed by atoms with Gasteiger partial charge in [-0.15, -0.1) is 5.10 Å². The molecule has 3 aromatic heterocycles. The van der Waals surface area contributed by atoms with E-state index in [0.717, 1.165) is 21.0 Å². The van der Waals surface area contributed by atoms with Crippen LogP contribution in [0.1, 0.15) is 5.56 Å². The van der Waals surface area contributed by atoms with Crippen LogP contribution < -0.4 is 10.1 Å². The van der Waals surface area contributed by atoms with Crippen molar-refractivity contribution in [3.63, 3.8) is 0 Å². The second kappa shape index (κ2) is 7.96. The van der Waals surface area contributed by atoms with Crippen LogP contribution in [-0.2, 0) is 6.54 Å². The van der Waals surface area contributed by atoms with Gasteiger partial charge in [0.25, 0.3) is 5.89 Å². The maximum atomic E-state index is 5.75. The van der Waals surface area contributed by atoms with Gasteiger partial charge in [-0.05, 0) is 45.8 Å². The first-order valence-electron chi connectivity index (χ1n) is 9.04. The Bertz CT molecular complexity index is 1250. The number of hydrogen-bond acceptors (Lipinski definition) is 8. The Morgan fingerprint density at radius 1 is 0.933 bits per heavy atom. The molecule has 0 fully saturated rings. The van der Waals surface area contributed by atoms with E-state index in [0.29, 0.717) is 30.0 Å². The van der Waals surface area contributed by atoms with Gasteiger partial charge in [0.1, 0.15) is 11.3 Å². The fourth-order valence-corrected chi connectivity index (χ4v) is 3.00. The Morgan fingerprint density at radius 2 is 1.73 bits per heavy atom. The fraction of sp³-hybridized carbons (Fsp3) is 0.0476. The minimum atomic E-state index is 0.285. The summed E-state index contributed by atoms with van der Waals surface area (Å²) >= 11 is 3.29. The third-order valence-electron chi connectivity index (χ3n) is 4.23. The molecule has 30 heavy (non-hydrogen) atoms. The lowest BCUT2D eigenvalue weighted by Gasteiger charge is -2.05. The van der Waals surface area contributed by atoms with Crippen molar-refractivity contribution in [1.29, 1.82) is 0 Å². The summed E-state index contributed by atoms with van der Waals surface area (Å²) in [5, 5.41) is 12.2. The molecule has 0 radical (unpaired) electrons. The summed E-state index contributed by atoms with van der Waals surface area (Å²) < 4.78 is 17.8. The number of nitrogens with one attached hydrogen (secondary N) is 1. The van der Waals surface area contributed by atoms with Crippen LogP contribution in [-0.4, -0.2) is 20.2 Å². The van der Waals surface area contributed by atoms with E-state index in [2.05, 4.69) is 41.4 Å². The van der Waals surface area contributed by atoms with Gasteiger partial charge in [0.05, 0.1) is 4.47 Å². The van der Waals surface area contributed by atoms with Crippen molar-refractivity contribution in [2.45, 2.75) is 6.54 Å². The van der Waals surface area contributed by atoms with Crippen LogP contribution in [0.3, 0.4) is 0 Å². The lowest BCUT2D eigenvalue weighted by Crippen LogP contribution is -1.99. The minimum absolute atomic E-state index is 0.285. The van der Waals surface area contributed by atoms with E-state index >= 15 is 0 Å². The summed E-state index contributed by atoms with van der Waals surface area (Å²) in [5.41, 5.74) is 1.79. The monoisotopic (exact) mass is 463 g/mol. The Labute approximate surface area is 179 Å². The van der Waals surface area contributed by atoms with Crippen molar-refractivity contribution in [1.82, 2.24) is 20.2 Å². The normalized spacial score (nSPS) is 11.0. The van der Waals surface area contributed by atoms with Gasteiger partial charge in [-0.2, -0.15) is 0 Å². The van der Waals surface area contributed by atoms with Crippen LogP contribution in [0.4, 0.5) is 6.01 Å². The standard InChI is InChI=1S/C21H14BrN5O3/c22-15-11-24-20(25-12-15)28-16-7-5-13(6-8-16)10-23-21-27-26-19(30-21)18-9-14-3-1-2-4-17(14)29-18/h1-9,11-12H,10H2,(H,23,27). The van der Waals surface area contributed by atoms with Gasteiger partial charge in [-0.3, -0.25) is 0 Å². The maximum absolute atomic E-state index is 5.75. The summed E-state index contributed by atoms with van der Waals surface area (Å²) in [5.74, 6) is 1.51. The van der Waals surface area contributed by atoms with Crippen LogP contribution in [0.2, 0.25) is 0 Å². The van der Waals surface area contributed by atoms with E-state index < -0.39 is 0 Å². The third-order valence-corrected chi connectivity index (χ3v) is 4.64. The molecule has 5 rings (SSSR count). The second-order valence-electron chi connectivity index (χ2n) is 6.34. The molecule has 0 amide bonds. The van der Waals surface area contributed by atoms with Crippen molar-refractivity contribution >= 4 is 32.9 Å². The molecule has 0 atom stereocenters. The topological polar surface area (TPSA) is 99.1 Å². The number of aromatic nitrogens is 4. The molecule has 5 aromatic rings. The molecule has 0 saturated carbocycles. The zero-order chi connectivity index (χ0) is 20.3. The van der Waals surface area contributed by atoms with Crippen LogP contribution in [0.25, 0.3) is 22.6 Å². The zero-order valence-corrected chi connectivity index (χ0v) is 17.0. The number of para-hydroxylation sites is 1. The molecule has 148 valence electrons. The van der Waals surface area contributed by atoms with Crippen LogP contribution >= 0.6 is 15.9 Å². The fourth-order valence-electron chi connectivity index (χ4n) is 2.79. The first-order valence-corrected chi connectivity index (χ1v) is 9.83. The molecule has 8 nitrogen and oxygen atoms in total. The summed E-state index contributed by atoms with van der Waals surface area (Å²) in [6.07, 6.45) is 3.26. The van der Waals surface area contributed by atoms with Crippen molar-refractivity contribution in [2.75, 3.05) is 5.32 Å². The van der Waals surface area contributed by atoms with E-state index in [1.54, 1.807) is 12.4 Å². The highest BCUT2D eigenvalue weighted by Crippen LogP contribution is 2.27. The van der Waals surface area contributed by atoms with E-state index in [4.69, 9.17) is 13.6 Å². The molecule has 9 heteroatoms. The molecule has 3 heterocycles. The average Bonchev–Trinajstić information content (AvgIpc) is 3.42. The largest absolute Gasteiger partial charge is 0.451 e. The number of halogens is 1. The predicted molar refractivity (Wildman–Crippen MR) is 113 cm³/mol. The number of benzene rings is 2. The zero-order valence-electron chi connectivity index (χ0n) is 15.4. The Hall–Kier alpha value is -3.72. The van der Waals surface area contributed by atoms with Gasteiger partial charge in [0, 0.05) is 24.3 Å². The quantitative estimate of drug-likeness (QED) is 0.355.